The van der Waals surface area contributed by atoms with Crippen molar-refractivity contribution in [1.29, 1.82) is 0 Å². The molecule has 0 spiro atoms. The van der Waals surface area contributed by atoms with E-state index in [1.165, 1.54) is 5.56 Å². The van der Waals surface area contributed by atoms with E-state index in [9.17, 15) is 4.79 Å². The number of nitrogens with zero attached hydrogens (tertiary/aromatic N) is 1. The monoisotopic (exact) mass is 363 g/mol. The maximum Gasteiger partial charge on any atom is 0.224 e. The van der Waals surface area contributed by atoms with E-state index in [1.807, 2.05) is 21.0 Å². The summed E-state index contributed by atoms with van der Waals surface area (Å²) in [4.78, 5) is 14.1. The van der Waals surface area contributed by atoms with E-state index in [2.05, 4.69) is 28.4 Å². The summed E-state index contributed by atoms with van der Waals surface area (Å²) in [6.45, 7) is 3.64. The Balaban J connectivity index is 0. The number of halogens is 2. The summed E-state index contributed by atoms with van der Waals surface area (Å²) in [5.74, 6) is 0.104. The van der Waals surface area contributed by atoms with Crippen LogP contribution < -0.4 is 11.1 Å². The van der Waals surface area contributed by atoms with E-state index < -0.39 is 0 Å². The van der Waals surface area contributed by atoms with Crippen molar-refractivity contribution in [1.82, 2.24) is 4.90 Å². The fourth-order valence-electron chi connectivity index (χ4n) is 2.26. The van der Waals surface area contributed by atoms with Gasteiger partial charge in [-0.2, -0.15) is 0 Å². The van der Waals surface area contributed by atoms with Crippen molar-refractivity contribution >= 4 is 36.4 Å². The first-order valence-electron chi connectivity index (χ1n) is 7.77. The van der Waals surface area contributed by atoms with Crippen LogP contribution in [0.1, 0.15) is 43.2 Å². The zero-order valence-electron chi connectivity index (χ0n) is 14.4. The third-order valence-corrected chi connectivity index (χ3v) is 3.43. The first-order valence-corrected chi connectivity index (χ1v) is 7.77. The molecule has 134 valence electrons. The molecule has 6 heteroatoms. The largest absolute Gasteiger partial charge is 0.330 e. The van der Waals surface area contributed by atoms with Gasteiger partial charge in [-0.15, -0.1) is 24.8 Å². The van der Waals surface area contributed by atoms with E-state index in [0.29, 0.717) is 6.42 Å². The van der Waals surface area contributed by atoms with Crippen LogP contribution in [0.4, 0.5) is 5.69 Å². The van der Waals surface area contributed by atoms with Crippen LogP contribution in [0.15, 0.2) is 18.2 Å². The zero-order chi connectivity index (χ0) is 15.7. The summed E-state index contributed by atoms with van der Waals surface area (Å²) in [7, 11) is 4.08. The molecule has 0 aliphatic rings. The Bertz CT molecular complexity index is 453. The number of hydrogen-bond donors (Lipinski definition) is 2. The molecule has 1 aromatic carbocycles. The number of amides is 1. The highest BCUT2D eigenvalue weighted by molar-refractivity contribution is 5.91. The Morgan fingerprint density at radius 2 is 1.78 bits per heavy atom. The summed E-state index contributed by atoms with van der Waals surface area (Å²) in [6, 6.07) is 6.25. The number of carbonyl (C=O) groups is 1. The van der Waals surface area contributed by atoms with Gasteiger partial charge in [-0.1, -0.05) is 25.0 Å². The average molecular weight is 364 g/mol. The first-order chi connectivity index (χ1) is 10.0. The Hall–Kier alpha value is -0.810. The lowest BCUT2D eigenvalue weighted by Crippen LogP contribution is -2.14. The molecule has 1 amide bonds. The van der Waals surface area contributed by atoms with Crippen molar-refractivity contribution < 1.29 is 4.79 Å². The molecule has 0 heterocycles. The molecule has 3 N–H and O–H groups in total. The molecule has 0 fully saturated rings. The molecule has 0 aliphatic heterocycles. The van der Waals surface area contributed by atoms with Gasteiger partial charge in [0.25, 0.3) is 0 Å². The van der Waals surface area contributed by atoms with Crippen LogP contribution in [0.25, 0.3) is 0 Å². The lowest BCUT2D eigenvalue weighted by molar-refractivity contribution is -0.116. The lowest BCUT2D eigenvalue weighted by Gasteiger charge is -2.13. The van der Waals surface area contributed by atoms with Crippen LogP contribution in [0.2, 0.25) is 0 Å². The van der Waals surface area contributed by atoms with Gasteiger partial charge in [-0.05, 0) is 57.6 Å². The van der Waals surface area contributed by atoms with Crippen molar-refractivity contribution in [3.8, 4) is 0 Å². The molecule has 0 aromatic heterocycles. The van der Waals surface area contributed by atoms with Crippen molar-refractivity contribution in [3.63, 3.8) is 0 Å². The fraction of sp³-hybridized carbons (Fsp3) is 0.588. The van der Waals surface area contributed by atoms with Gasteiger partial charge < -0.3 is 16.0 Å². The number of benzene rings is 1. The number of nitrogens with one attached hydrogen (secondary N) is 1. The molecule has 0 radical (unpaired) electrons. The van der Waals surface area contributed by atoms with Gasteiger partial charge in [-0.3, -0.25) is 4.79 Å². The number of unbranched alkanes of at least 4 members (excludes halogenated alkanes) is 3. The third-order valence-electron chi connectivity index (χ3n) is 3.43. The molecule has 4 nitrogen and oxygen atoms in total. The molecule has 0 unspecified atom stereocenters. The first kappa shape index (κ1) is 24.4. The highest BCUT2D eigenvalue weighted by atomic mass is 35.5. The van der Waals surface area contributed by atoms with E-state index in [1.54, 1.807) is 0 Å². The Morgan fingerprint density at radius 3 is 2.39 bits per heavy atom. The molecule has 1 rings (SSSR count). The van der Waals surface area contributed by atoms with Crippen LogP contribution in [0.5, 0.6) is 0 Å². The Kier molecular flexibility index (Phi) is 14.5. The number of aryl methyl sites for hydroxylation is 1. The molecule has 23 heavy (non-hydrogen) atoms. The van der Waals surface area contributed by atoms with Gasteiger partial charge in [-0.25, -0.2) is 0 Å². The number of hydrogen-bond acceptors (Lipinski definition) is 3. The summed E-state index contributed by atoms with van der Waals surface area (Å²) in [5, 5.41) is 3.03. The summed E-state index contributed by atoms with van der Waals surface area (Å²) >= 11 is 0. The van der Waals surface area contributed by atoms with E-state index >= 15 is 0 Å². The summed E-state index contributed by atoms with van der Waals surface area (Å²) in [5.41, 5.74) is 8.70. The highest BCUT2D eigenvalue weighted by Crippen LogP contribution is 2.18. The van der Waals surface area contributed by atoms with Gasteiger partial charge in [0.1, 0.15) is 0 Å². The smallest absolute Gasteiger partial charge is 0.224 e. The van der Waals surface area contributed by atoms with E-state index in [4.69, 9.17) is 5.73 Å². The van der Waals surface area contributed by atoms with Crippen molar-refractivity contribution in [2.24, 2.45) is 5.73 Å². The molecule has 0 atom stereocenters. The van der Waals surface area contributed by atoms with Crippen LogP contribution in [-0.4, -0.2) is 31.4 Å². The normalized spacial score (nSPS) is 9.96. The predicted octanol–water partition coefficient (Wildman–Crippen LogP) is 3.75. The van der Waals surface area contributed by atoms with E-state index in [-0.39, 0.29) is 30.7 Å². The van der Waals surface area contributed by atoms with Crippen LogP contribution in [0, 0.1) is 6.92 Å². The lowest BCUT2D eigenvalue weighted by atomic mass is 10.1. The molecule has 0 saturated carbocycles. The van der Waals surface area contributed by atoms with Crippen LogP contribution >= 0.6 is 24.8 Å². The van der Waals surface area contributed by atoms with E-state index in [0.717, 1.165) is 50.0 Å². The number of carbonyl (C=O) groups excluding carboxylic acids is 1. The molecular formula is C17H31Cl2N3O. The summed E-state index contributed by atoms with van der Waals surface area (Å²) in [6.07, 6.45) is 4.75. The average Bonchev–Trinajstić information content (AvgIpc) is 2.42. The highest BCUT2D eigenvalue weighted by Gasteiger charge is 2.06. The van der Waals surface area contributed by atoms with Crippen LogP contribution in [-0.2, 0) is 11.3 Å². The number of nitrogens with two attached hydrogens (primary N) is 1. The molecule has 0 saturated heterocycles. The van der Waals surface area contributed by atoms with Crippen LogP contribution in [0.3, 0.4) is 0 Å². The minimum absolute atomic E-state index is 0. The quantitative estimate of drug-likeness (QED) is 0.656. The fourth-order valence-corrected chi connectivity index (χ4v) is 2.26. The van der Waals surface area contributed by atoms with Gasteiger partial charge in [0.15, 0.2) is 0 Å². The second-order valence-electron chi connectivity index (χ2n) is 5.89. The number of anilines is 1. The van der Waals surface area contributed by atoms with Gasteiger partial charge >= 0.3 is 0 Å². The zero-order valence-corrected chi connectivity index (χ0v) is 16.1. The molecule has 0 aliphatic carbocycles. The minimum atomic E-state index is 0. The SMILES string of the molecule is Cc1ccc(CN(C)C)cc1NC(=O)CCCCCCN.Cl.Cl. The maximum absolute atomic E-state index is 12.0. The van der Waals surface area contributed by atoms with Crippen molar-refractivity contribution in [2.75, 3.05) is 26.0 Å². The van der Waals surface area contributed by atoms with Crippen molar-refractivity contribution in [3.05, 3.63) is 29.3 Å². The topological polar surface area (TPSA) is 58.4 Å². The van der Waals surface area contributed by atoms with Gasteiger partial charge in [0, 0.05) is 18.7 Å². The van der Waals surface area contributed by atoms with Crippen molar-refractivity contribution in [2.45, 2.75) is 45.6 Å². The van der Waals surface area contributed by atoms with Gasteiger partial charge in [0.2, 0.25) is 5.91 Å². The van der Waals surface area contributed by atoms with Gasteiger partial charge in [0.05, 0.1) is 0 Å². The molecule has 0 bridgehead atoms. The molecular weight excluding hydrogens is 333 g/mol. The minimum Gasteiger partial charge on any atom is -0.330 e. The summed E-state index contributed by atoms with van der Waals surface area (Å²) < 4.78 is 0. The standard InChI is InChI=1S/C17H29N3O.2ClH/c1-14-9-10-15(13-20(2)3)12-16(14)19-17(21)8-6-4-5-7-11-18;;/h9-10,12H,4-8,11,13,18H2,1-3H3,(H,19,21);2*1H. The number of rotatable bonds is 9. The predicted molar refractivity (Wildman–Crippen MR) is 104 cm³/mol. The second kappa shape index (κ2) is 13.6. The Morgan fingerprint density at radius 1 is 1.13 bits per heavy atom. The Labute approximate surface area is 153 Å². The maximum atomic E-state index is 12.0. The molecule has 1 aromatic rings. The third kappa shape index (κ3) is 10.6. The second-order valence-corrected chi connectivity index (χ2v) is 5.89.